The summed E-state index contributed by atoms with van der Waals surface area (Å²) in [5.41, 5.74) is 2.62. The zero-order valence-corrected chi connectivity index (χ0v) is 16.7. The van der Waals surface area contributed by atoms with Gasteiger partial charge in [-0.3, -0.25) is 4.79 Å². The van der Waals surface area contributed by atoms with E-state index < -0.39 is 0 Å². The number of aromatic nitrogens is 2. The molecule has 2 aromatic carbocycles. The summed E-state index contributed by atoms with van der Waals surface area (Å²) in [6.07, 6.45) is 0. The topological polar surface area (TPSA) is 85.4 Å². The van der Waals surface area contributed by atoms with E-state index in [-0.39, 0.29) is 11.6 Å². The van der Waals surface area contributed by atoms with Crippen LogP contribution in [0, 0.1) is 6.92 Å². The molecule has 3 aromatic rings. The van der Waals surface area contributed by atoms with Crippen LogP contribution in [0.3, 0.4) is 0 Å². The van der Waals surface area contributed by atoms with Crippen LogP contribution in [-0.2, 0) is 6.54 Å². The predicted octanol–water partition coefficient (Wildman–Crippen LogP) is 4.06. The number of carbonyl (C=O) groups is 1. The predicted molar refractivity (Wildman–Crippen MR) is 113 cm³/mol. The maximum atomic E-state index is 12.7. The molecule has 0 radical (unpaired) electrons. The number of rotatable bonds is 8. The summed E-state index contributed by atoms with van der Waals surface area (Å²) in [6, 6.07) is 16.6. The van der Waals surface area contributed by atoms with Crippen LogP contribution in [0.5, 0.6) is 11.5 Å². The highest BCUT2D eigenvalue weighted by molar-refractivity contribution is 6.03. The number of anilines is 2. The number of methoxy groups -OCH3 is 1. The Morgan fingerprint density at radius 3 is 2.55 bits per heavy atom. The molecule has 0 bridgehead atoms. The lowest BCUT2D eigenvalue weighted by Crippen LogP contribution is -2.16. The molecule has 0 aliphatic heterocycles. The summed E-state index contributed by atoms with van der Waals surface area (Å²) in [5.74, 6) is 1.48. The van der Waals surface area contributed by atoms with Crippen molar-refractivity contribution in [2.45, 2.75) is 20.4 Å². The molecule has 3 rings (SSSR count). The first-order chi connectivity index (χ1) is 14.1. The number of benzene rings is 2. The van der Waals surface area contributed by atoms with Crippen LogP contribution < -0.4 is 20.1 Å². The van der Waals surface area contributed by atoms with Gasteiger partial charge < -0.3 is 20.1 Å². The third-order valence-electron chi connectivity index (χ3n) is 4.13. The standard InChI is InChI=1S/C22H24N4O3/c1-4-29-20-8-6-5-7-18(20)25-21(27)19-13-15(2)24-22(26-19)23-14-16-9-11-17(28-3)12-10-16/h5-13H,4,14H2,1-3H3,(H,25,27)(H,23,24,26). The number of nitrogens with one attached hydrogen (secondary N) is 2. The smallest absolute Gasteiger partial charge is 0.274 e. The third-order valence-corrected chi connectivity index (χ3v) is 4.13. The van der Waals surface area contributed by atoms with Crippen molar-refractivity contribution >= 4 is 17.5 Å². The van der Waals surface area contributed by atoms with E-state index in [1.54, 1.807) is 19.2 Å². The third kappa shape index (κ3) is 5.44. The maximum absolute atomic E-state index is 12.7. The minimum atomic E-state index is -0.324. The lowest BCUT2D eigenvalue weighted by Gasteiger charge is -2.12. The number of carbonyl (C=O) groups excluding carboxylic acids is 1. The molecule has 29 heavy (non-hydrogen) atoms. The van der Waals surface area contributed by atoms with Crippen molar-refractivity contribution in [3.8, 4) is 11.5 Å². The van der Waals surface area contributed by atoms with E-state index in [2.05, 4.69) is 20.6 Å². The molecule has 0 aliphatic carbocycles. The largest absolute Gasteiger partial charge is 0.497 e. The van der Waals surface area contributed by atoms with Gasteiger partial charge in [0, 0.05) is 12.2 Å². The van der Waals surface area contributed by atoms with Crippen molar-refractivity contribution in [2.75, 3.05) is 24.4 Å². The molecule has 0 saturated heterocycles. The summed E-state index contributed by atoms with van der Waals surface area (Å²) in [5, 5.41) is 6.02. The Kier molecular flexibility index (Phi) is 6.63. The number of para-hydroxylation sites is 2. The molecule has 1 amide bonds. The lowest BCUT2D eigenvalue weighted by molar-refractivity contribution is 0.102. The molecular formula is C22H24N4O3. The van der Waals surface area contributed by atoms with Gasteiger partial charge in [-0.2, -0.15) is 0 Å². The summed E-state index contributed by atoms with van der Waals surface area (Å²) >= 11 is 0. The Hall–Kier alpha value is -3.61. The Bertz CT molecular complexity index is 974. The van der Waals surface area contributed by atoms with Gasteiger partial charge in [0.1, 0.15) is 17.2 Å². The van der Waals surface area contributed by atoms with Gasteiger partial charge >= 0.3 is 0 Å². The minimum Gasteiger partial charge on any atom is -0.497 e. The fourth-order valence-corrected chi connectivity index (χ4v) is 2.73. The SMILES string of the molecule is CCOc1ccccc1NC(=O)c1cc(C)nc(NCc2ccc(OC)cc2)n1. The minimum absolute atomic E-state index is 0.279. The number of ether oxygens (including phenoxy) is 2. The summed E-state index contributed by atoms with van der Waals surface area (Å²) < 4.78 is 10.7. The summed E-state index contributed by atoms with van der Waals surface area (Å²) in [6.45, 7) is 4.76. The van der Waals surface area contributed by atoms with E-state index in [0.29, 0.717) is 36.2 Å². The highest BCUT2D eigenvalue weighted by Crippen LogP contribution is 2.24. The van der Waals surface area contributed by atoms with Gasteiger partial charge in [-0.25, -0.2) is 9.97 Å². The van der Waals surface area contributed by atoms with Crippen molar-refractivity contribution in [1.82, 2.24) is 9.97 Å². The van der Waals surface area contributed by atoms with Crippen molar-refractivity contribution in [1.29, 1.82) is 0 Å². The highest BCUT2D eigenvalue weighted by Gasteiger charge is 2.13. The molecule has 0 atom stereocenters. The zero-order valence-electron chi connectivity index (χ0n) is 16.7. The maximum Gasteiger partial charge on any atom is 0.274 e. The summed E-state index contributed by atoms with van der Waals surface area (Å²) in [4.78, 5) is 21.4. The average molecular weight is 392 g/mol. The van der Waals surface area contributed by atoms with Crippen LogP contribution in [0.15, 0.2) is 54.6 Å². The van der Waals surface area contributed by atoms with Gasteiger partial charge in [0.15, 0.2) is 0 Å². The molecule has 0 fully saturated rings. The average Bonchev–Trinajstić information content (AvgIpc) is 2.74. The first-order valence-corrected chi connectivity index (χ1v) is 9.34. The van der Waals surface area contributed by atoms with Gasteiger partial charge in [-0.05, 0) is 49.7 Å². The Morgan fingerprint density at radius 1 is 1.07 bits per heavy atom. The molecule has 7 heteroatoms. The van der Waals surface area contributed by atoms with Gasteiger partial charge in [-0.15, -0.1) is 0 Å². The molecule has 1 aromatic heterocycles. The number of hydrogen-bond donors (Lipinski definition) is 2. The number of nitrogens with zero attached hydrogens (tertiary/aromatic N) is 2. The summed E-state index contributed by atoms with van der Waals surface area (Å²) in [7, 11) is 1.63. The van der Waals surface area contributed by atoms with E-state index in [1.165, 1.54) is 0 Å². The molecule has 2 N–H and O–H groups in total. The van der Waals surface area contributed by atoms with E-state index in [9.17, 15) is 4.79 Å². The molecular weight excluding hydrogens is 368 g/mol. The Balaban J connectivity index is 1.71. The first-order valence-electron chi connectivity index (χ1n) is 9.34. The van der Waals surface area contributed by atoms with Crippen molar-refractivity contribution in [3.05, 3.63) is 71.5 Å². The fraction of sp³-hybridized carbons (Fsp3) is 0.227. The first kappa shape index (κ1) is 20.1. The van der Waals surface area contributed by atoms with Crippen molar-refractivity contribution in [2.24, 2.45) is 0 Å². The van der Waals surface area contributed by atoms with Crippen LogP contribution >= 0.6 is 0 Å². The van der Waals surface area contributed by atoms with Crippen LogP contribution in [-0.4, -0.2) is 29.6 Å². The fourth-order valence-electron chi connectivity index (χ4n) is 2.73. The molecule has 0 spiro atoms. The van der Waals surface area contributed by atoms with Crippen LogP contribution in [0.4, 0.5) is 11.6 Å². The highest BCUT2D eigenvalue weighted by atomic mass is 16.5. The quantitative estimate of drug-likeness (QED) is 0.601. The zero-order chi connectivity index (χ0) is 20.6. The second-order valence-corrected chi connectivity index (χ2v) is 6.30. The molecule has 1 heterocycles. The molecule has 0 unspecified atom stereocenters. The number of aryl methyl sites for hydroxylation is 1. The lowest BCUT2D eigenvalue weighted by atomic mass is 10.2. The number of hydrogen-bond acceptors (Lipinski definition) is 6. The Labute approximate surface area is 170 Å². The van der Waals surface area contributed by atoms with Crippen LogP contribution in [0.25, 0.3) is 0 Å². The van der Waals surface area contributed by atoms with E-state index >= 15 is 0 Å². The van der Waals surface area contributed by atoms with Crippen molar-refractivity contribution in [3.63, 3.8) is 0 Å². The van der Waals surface area contributed by atoms with E-state index in [1.807, 2.05) is 56.3 Å². The van der Waals surface area contributed by atoms with E-state index in [4.69, 9.17) is 9.47 Å². The normalized spacial score (nSPS) is 10.3. The van der Waals surface area contributed by atoms with Crippen LogP contribution in [0.2, 0.25) is 0 Å². The van der Waals surface area contributed by atoms with E-state index in [0.717, 1.165) is 11.3 Å². The van der Waals surface area contributed by atoms with Gasteiger partial charge in [0.25, 0.3) is 5.91 Å². The van der Waals surface area contributed by atoms with Gasteiger partial charge in [-0.1, -0.05) is 24.3 Å². The molecule has 7 nitrogen and oxygen atoms in total. The molecule has 150 valence electrons. The van der Waals surface area contributed by atoms with Crippen molar-refractivity contribution < 1.29 is 14.3 Å². The molecule has 0 saturated carbocycles. The van der Waals surface area contributed by atoms with Crippen LogP contribution in [0.1, 0.15) is 28.7 Å². The molecule has 0 aliphatic rings. The number of amides is 1. The van der Waals surface area contributed by atoms with Gasteiger partial charge in [0.2, 0.25) is 5.95 Å². The van der Waals surface area contributed by atoms with Gasteiger partial charge in [0.05, 0.1) is 19.4 Å². The second-order valence-electron chi connectivity index (χ2n) is 6.30. The second kappa shape index (κ2) is 9.54. The Morgan fingerprint density at radius 2 is 1.83 bits per heavy atom. The monoisotopic (exact) mass is 392 g/mol.